The monoisotopic (exact) mass is 183 g/mol. The first-order valence-electron chi connectivity index (χ1n) is 4.14. The van der Waals surface area contributed by atoms with Crippen LogP contribution in [-0.2, 0) is 0 Å². The quantitative estimate of drug-likeness (QED) is 0.362. The minimum absolute atomic E-state index is 0.905. The molecule has 0 saturated carbocycles. The molecular weight excluding hydrogens is 166 g/mol. The minimum Gasteiger partial charge on any atom is -0.283 e. The van der Waals surface area contributed by atoms with Gasteiger partial charge < -0.3 is 0 Å². The summed E-state index contributed by atoms with van der Waals surface area (Å²) in [5.74, 6) is 0.905. The van der Waals surface area contributed by atoms with Gasteiger partial charge in [0.2, 0.25) is 0 Å². The number of rotatable bonds is 5. The highest BCUT2D eigenvalue weighted by Crippen LogP contribution is 2.09. The molecule has 0 saturated heterocycles. The molecule has 12 heavy (non-hydrogen) atoms. The largest absolute Gasteiger partial charge is 0.283 e. The van der Waals surface area contributed by atoms with E-state index in [-0.39, 0.29) is 0 Å². The van der Waals surface area contributed by atoms with Crippen molar-refractivity contribution >= 4 is 16.8 Å². The van der Waals surface area contributed by atoms with Gasteiger partial charge in [0, 0.05) is 12.3 Å². The average Bonchev–Trinajstić information content (AvgIpc) is 2.10. The van der Waals surface area contributed by atoms with Gasteiger partial charge in [0.25, 0.3) is 0 Å². The van der Waals surface area contributed by atoms with E-state index in [1.807, 2.05) is 6.92 Å². The maximum atomic E-state index is 4.35. The van der Waals surface area contributed by atoms with Crippen LogP contribution in [0.2, 0.25) is 0 Å². The number of hydrogen-bond donors (Lipinski definition) is 0. The van der Waals surface area contributed by atoms with Crippen molar-refractivity contribution in [3.8, 4) is 0 Å². The Balaban J connectivity index is 3.62. The predicted octanol–water partition coefficient (Wildman–Crippen LogP) is 3.29. The van der Waals surface area contributed by atoms with Gasteiger partial charge in [-0.3, -0.25) is 4.99 Å². The molecule has 0 aliphatic rings. The molecular formula is C10H17NS. The molecule has 0 heterocycles. The van der Waals surface area contributed by atoms with E-state index in [9.17, 15) is 0 Å². The van der Waals surface area contributed by atoms with Crippen LogP contribution in [0.4, 0.5) is 0 Å². The van der Waals surface area contributed by atoms with Crippen molar-refractivity contribution in [3.05, 3.63) is 24.8 Å². The summed E-state index contributed by atoms with van der Waals surface area (Å²) in [7, 11) is 0. The zero-order valence-electron chi connectivity index (χ0n) is 7.97. The summed E-state index contributed by atoms with van der Waals surface area (Å²) in [5.41, 5.74) is 1.06. The summed E-state index contributed by atoms with van der Waals surface area (Å²) in [4.78, 5) is 4.35. The van der Waals surface area contributed by atoms with Crippen molar-refractivity contribution < 1.29 is 0 Å². The van der Waals surface area contributed by atoms with Crippen molar-refractivity contribution in [2.75, 3.05) is 12.3 Å². The van der Waals surface area contributed by atoms with E-state index < -0.39 is 0 Å². The molecule has 0 aliphatic carbocycles. The Morgan fingerprint density at radius 3 is 2.75 bits per heavy atom. The van der Waals surface area contributed by atoms with Gasteiger partial charge in [0.1, 0.15) is 0 Å². The molecule has 0 amide bonds. The lowest BCUT2D eigenvalue weighted by molar-refractivity contribution is 0.935. The molecule has 0 fully saturated rings. The average molecular weight is 183 g/mol. The molecule has 68 valence electrons. The fraction of sp³-hybridized carbons (Fsp3) is 0.500. The van der Waals surface area contributed by atoms with E-state index in [1.54, 1.807) is 17.8 Å². The SMILES string of the molecule is C=CC(=C)CSC(C)=NCCC. The third-order valence-electron chi connectivity index (χ3n) is 1.31. The van der Waals surface area contributed by atoms with Crippen molar-refractivity contribution in [2.45, 2.75) is 20.3 Å². The Morgan fingerprint density at radius 1 is 1.58 bits per heavy atom. The van der Waals surface area contributed by atoms with E-state index in [0.717, 1.165) is 29.3 Å². The van der Waals surface area contributed by atoms with Crippen molar-refractivity contribution in [1.82, 2.24) is 0 Å². The predicted molar refractivity (Wildman–Crippen MR) is 60.1 cm³/mol. The maximum Gasteiger partial charge on any atom is 0.0648 e. The number of nitrogens with zero attached hydrogens (tertiary/aromatic N) is 1. The molecule has 0 atom stereocenters. The van der Waals surface area contributed by atoms with Crippen molar-refractivity contribution in [2.24, 2.45) is 4.99 Å². The van der Waals surface area contributed by atoms with Crippen LogP contribution in [0.5, 0.6) is 0 Å². The van der Waals surface area contributed by atoms with Gasteiger partial charge in [-0.2, -0.15) is 0 Å². The molecule has 0 aromatic rings. The first kappa shape index (κ1) is 11.5. The molecule has 0 aromatic carbocycles. The second kappa shape index (κ2) is 7.17. The number of aliphatic imine (C=N–C) groups is 1. The van der Waals surface area contributed by atoms with Crippen LogP contribution in [0.15, 0.2) is 29.8 Å². The van der Waals surface area contributed by atoms with E-state index in [0.29, 0.717) is 0 Å². The van der Waals surface area contributed by atoms with Crippen LogP contribution in [0.1, 0.15) is 20.3 Å². The molecule has 0 aromatic heterocycles. The van der Waals surface area contributed by atoms with E-state index >= 15 is 0 Å². The summed E-state index contributed by atoms with van der Waals surface area (Å²) in [6.45, 7) is 12.6. The fourth-order valence-corrected chi connectivity index (χ4v) is 1.27. The molecule has 2 heteroatoms. The topological polar surface area (TPSA) is 12.4 Å². The van der Waals surface area contributed by atoms with Crippen LogP contribution in [0.3, 0.4) is 0 Å². The Labute approximate surface area is 79.7 Å². The highest BCUT2D eigenvalue weighted by atomic mass is 32.2. The molecule has 0 radical (unpaired) electrons. The van der Waals surface area contributed by atoms with Crippen LogP contribution >= 0.6 is 11.8 Å². The molecule has 0 spiro atoms. The summed E-state index contributed by atoms with van der Waals surface area (Å²) in [5, 5.41) is 1.14. The molecule has 0 rings (SSSR count). The normalized spacial score (nSPS) is 11.3. The first-order chi connectivity index (χ1) is 5.70. The third-order valence-corrected chi connectivity index (χ3v) is 2.38. The van der Waals surface area contributed by atoms with Gasteiger partial charge in [-0.15, -0.1) is 11.8 Å². The van der Waals surface area contributed by atoms with E-state index in [2.05, 4.69) is 25.1 Å². The summed E-state index contributed by atoms with van der Waals surface area (Å²) in [6, 6.07) is 0. The van der Waals surface area contributed by atoms with Gasteiger partial charge in [0.05, 0.1) is 5.04 Å². The fourth-order valence-electron chi connectivity index (χ4n) is 0.571. The molecule has 0 bridgehead atoms. The number of allylic oxidation sites excluding steroid dienone is 1. The zero-order valence-corrected chi connectivity index (χ0v) is 8.78. The molecule has 1 nitrogen and oxygen atoms in total. The first-order valence-corrected chi connectivity index (χ1v) is 5.13. The zero-order chi connectivity index (χ0) is 9.40. The summed E-state index contributed by atoms with van der Waals surface area (Å²) in [6.07, 6.45) is 2.90. The molecule has 0 aliphatic heterocycles. The van der Waals surface area contributed by atoms with E-state index in [1.165, 1.54) is 0 Å². The van der Waals surface area contributed by atoms with Crippen molar-refractivity contribution in [1.29, 1.82) is 0 Å². The molecule has 0 N–H and O–H groups in total. The van der Waals surface area contributed by atoms with Crippen LogP contribution in [0, 0.1) is 0 Å². The van der Waals surface area contributed by atoms with Gasteiger partial charge in [-0.05, 0) is 18.9 Å². The summed E-state index contributed by atoms with van der Waals surface area (Å²) >= 11 is 1.73. The Bertz CT molecular complexity index is 182. The Morgan fingerprint density at radius 2 is 2.25 bits per heavy atom. The maximum absolute atomic E-state index is 4.35. The lowest BCUT2D eigenvalue weighted by atomic mass is 10.4. The third kappa shape index (κ3) is 6.23. The standard InChI is InChI=1S/C10H17NS/c1-5-7-11-10(4)12-8-9(3)6-2/h6H,2-3,5,7-8H2,1,4H3. The molecule has 0 unspecified atom stereocenters. The van der Waals surface area contributed by atoms with Gasteiger partial charge in [0.15, 0.2) is 0 Å². The second-order valence-electron chi connectivity index (χ2n) is 2.55. The van der Waals surface area contributed by atoms with Gasteiger partial charge in [-0.1, -0.05) is 26.2 Å². The van der Waals surface area contributed by atoms with Crippen LogP contribution in [-0.4, -0.2) is 17.3 Å². The van der Waals surface area contributed by atoms with Crippen LogP contribution in [0.25, 0.3) is 0 Å². The highest BCUT2D eigenvalue weighted by molar-refractivity contribution is 8.14. The van der Waals surface area contributed by atoms with Crippen LogP contribution < -0.4 is 0 Å². The summed E-state index contributed by atoms with van der Waals surface area (Å²) < 4.78 is 0. The van der Waals surface area contributed by atoms with Gasteiger partial charge >= 0.3 is 0 Å². The highest BCUT2D eigenvalue weighted by Gasteiger charge is 1.92. The second-order valence-corrected chi connectivity index (χ2v) is 3.72. The minimum atomic E-state index is 0.905. The van der Waals surface area contributed by atoms with Crippen molar-refractivity contribution in [3.63, 3.8) is 0 Å². The lowest BCUT2D eigenvalue weighted by Gasteiger charge is -1.99. The Hall–Kier alpha value is -0.500. The lowest BCUT2D eigenvalue weighted by Crippen LogP contribution is -1.90. The number of thioether (sulfide) groups is 1. The van der Waals surface area contributed by atoms with Gasteiger partial charge in [-0.25, -0.2) is 0 Å². The number of hydrogen-bond acceptors (Lipinski definition) is 2. The smallest absolute Gasteiger partial charge is 0.0648 e. The van der Waals surface area contributed by atoms with E-state index in [4.69, 9.17) is 0 Å². The Kier molecular flexibility index (Phi) is 6.87.